The molecule has 1 N–H and O–H groups in total. The van der Waals surface area contributed by atoms with Crippen LogP contribution in [0.1, 0.15) is 35.0 Å². The van der Waals surface area contributed by atoms with Crippen molar-refractivity contribution in [1.82, 2.24) is 14.7 Å². The molecule has 0 aliphatic heterocycles. The van der Waals surface area contributed by atoms with Crippen LogP contribution in [-0.2, 0) is 11.3 Å². The van der Waals surface area contributed by atoms with E-state index in [-0.39, 0.29) is 18.9 Å². The van der Waals surface area contributed by atoms with Gasteiger partial charge in [0.15, 0.2) is 0 Å². The molecular weight excluding hydrogens is 294 g/mol. The number of nitrogens with zero attached hydrogens (tertiary/aromatic N) is 3. The quantitative estimate of drug-likeness (QED) is 0.849. The molecule has 1 heterocycles. The smallest absolute Gasteiger partial charge is 0.305 e. The lowest BCUT2D eigenvalue weighted by Gasteiger charge is -2.19. The largest absolute Gasteiger partial charge is 0.481 e. The van der Waals surface area contributed by atoms with Crippen molar-refractivity contribution in [2.24, 2.45) is 0 Å². The fourth-order valence-corrected chi connectivity index (χ4v) is 2.38. The van der Waals surface area contributed by atoms with Gasteiger partial charge < -0.3 is 10.0 Å². The number of benzene rings is 1. The summed E-state index contributed by atoms with van der Waals surface area (Å²) in [7, 11) is 0. The van der Waals surface area contributed by atoms with Gasteiger partial charge in [0, 0.05) is 18.8 Å². The second-order valence-electron chi connectivity index (χ2n) is 5.32. The van der Waals surface area contributed by atoms with Crippen molar-refractivity contribution in [2.45, 2.75) is 26.8 Å². The summed E-state index contributed by atoms with van der Waals surface area (Å²) < 4.78 is 1.79. The standard InChI is InChI=1S/C17H21N3O3/c1-3-19(10-9-16(21)22)17(23)15-11-18-20(13(15)2)12-14-7-5-4-6-8-14/h4-8,11H,3,9-10,12H2,1-2H3,(H,21,22). The maximum absolute atomic E-state index is 12.6. The third-order valence-corrected chi connectivity index (χ3v) is 3.77. The van der Waals surface area contributed by atoms with E-state index in [1.807, 2.05) is 44.2 Å². The van der Waals surface area contributed by atoms with Crippen LogP contribution in [0.25, 0.3) is 0 Å². The molecule has 0 fully saturated rings. The number of carbonyl (C=O) groups is 2. The lowest BCUT2D eigenvalue weighted by Crippen LogP contribution is -2.33. The summed E-state index contributed by atoms with van der Waals surface area (Å²) in [5.74, 6) is -1.08. The monoisotopic (exact) mass is 315 g/mol. The Morgan fingerprint density at radius 2 is 1.96 bits per heavy atom. The molecule has 0 bridgehead atoms. The summed E-state index contributed by atoms with van der Waals surface area (Å²) >= 11 is 0. The molecule has 2 rings (SSSR count). The molecule has 2 aromatic rings. The highest BCUT2D eigenvalue weighted by molar-refractivity contribution is 5.95. The van der Waals surface area contributed by atoms with E-state index < -0.39 is 5.97 Å². The fraction of sp³-hybridized carbons (Fsp3) is 0.353. The highest BCUT2D eigenvalue weighted by atomic mass is 16.4. The van der Waals surface area contributed by atoms with Crippen LogP contribution in [0.3, 0.4) is 0 Å². The zero-order valence-corrected chi connectivity index (χ0v) is 13.4. The predicted molar refractivity (Wildman–Crippen MR) is 86.3 cm³/mol. The summed E-state index contributed by atoms with van der Waals surface area (Å²) in [6.07, 6.45) is 1.50. The molecule has 0 saturated carbocycles. The maximum atomic E-state index is 12.6. The first-order valence-electron chi connectivity index (χ1n) is 7.60. The first-order chi connectivity index (χ1) is 11.0. The first kappa shape index (κ1) is 16.7. The van der Waals surface area contributed by atoms with Crippen molar-refractivity contribution >= 4 is 11.9 Å². The Kier molecular flexibility index (Phi) is 5.51. The van der Waals surface area contributed by atoms with Crippen molar-refractivity contribution in [2.75, 3.05) is 13.1 Å². The van der Waals surface area contributed by atoms with Gasteiger partial charge in [-0.3, -0.25) is 14.3 Å². The Morgan fingerprint density at radius 1 is 1.26 bits per heavy atom. The molecular formula is C17H21N3O3. The molecule has 6 nitrogen and oxygen atoms in total. The third-order valence-electron chi connectivity index (χ3n) is 3.77. The van der Waals surface area contributed by atoms with Crippen LogP contribution in [0.4, 0.5) is 0 Å². The molecule has 0 radical (unpaired) electrons. The van der Waals surface area contributed by atoms with Crippen LogP contribution in [0.2, 0.25) is 0 Å². The van der Waals surface area contributed by atoms with Crippen molar-refractivity contribution in [3.05, 3.63) is 53.3 Å². The molecule has 0 unspecified atom stereocenters. The van der Waals surface area contributed by atoms with Crippen molar-refractivity contribution in [3.8, 4) is 0 Å². The van der Waals surface area contributed by atoms with Gasteiger partial charge in [-0.05, 0) is 19.4 Å². The molecule has 6 heteroatoms. The number of carboxylic acids is 1. The van der Waals surface area contributed by atoms with Gasteiger partial charge in [0.25, 0.3) is 5.91 Å². The van der Waals surface area contributed by atoms with Gasteiger partial charge in [-0.1, -0.05) is 30.3 Å². The zero-order chi connectivity index (χ0) is 16.8. The average Bonchev–Trinajstić information content (AvgIpc) is 2.89. The number of rotatable bonds is 7. The Hall–Kier alpha value is -2.63. The Balaban J connectivity index is 2.13. The lowest BCUT2D eigenvalue weighted by molar-refractivity contribution is -0.137. The van der Waals surface area contributed by atoms with Crippen LogP contribution in [0.15, 0.2) is 36.5 Å². The van der Waals surface area contributed by atoms with Crippen LogP contribution < -0.4 is 0 Å². The van der Waals surface area contributed by atoms with Crippen molar-refractivity contribution in [1.29, 1.82) is 0 Å². The van der Waals surface area contributed by atoms with Gasteiger partial charge in [-0.15, -0.1) is 0 Å². The minimum Gasteiger partial charge on any atom is -0.481 e. The van der Waals surface area contributed by atoms with Gasteiger partial charge in [0.2, 0.25) is 0 Å². The predicted octanol–water partition coefficient (Wildman–Crippen LogP) is 2.18. The number of aromatic nitrogens is 2. The fourth-order valence-electron chi connectivity index (χ4n) is 2.38. The second kappa shape index (κ2) is 7.58. The van der Waals surface area contributed by atoms with E-state index in [2.05, 4.69) is 5.10 Å². The Morgan fingerprint density at radius 3 is 2.57 bits per heavy atom. The van der Waals surface area contributed by atoms with Gasteiger partial charge in [-0.25, -0.2) is 0 Å². The molecule has 0 atom stereocenters. The van der Waals surface area contributed by atoms with Crippen LogP contribution in [-0.4, -0.2) is 44.8 Å². The summed E-state index contributed by atoms with van der Waals surface area (Å²) in [6, 6.07) is 9.90. The molecule has 0 saturated heterocycles. The summed E-state index contributed by atoms with van der Waals surface area (Å²) in [4.78, 5) is 24.8. The van der Waals surface area contributed by atoms with E-state index in [0.29, 0.717) is 18.7 Å². The van der Waals surface area contributed by atoms with E-state index in [0.717, 1.165) is 11.3 Å². The molecule has 23 heavy (non-hydrogen) atoms. The molecule has 0 aliphatic carbocycles. The zero-order valence-electron chi connectivity index (χ0n) is 13.4. The SMILES string of the molecule is CCN(CCC(=O)O)C(=O)c1cnn(Cc2ccccc2)c1C. The number of carbonyl (C=O) groups excluding carboxylic acids is 1. The van der Waals surface area contributed by atoms with Crippen molar-refractivity contribution in [3.63, 3.8) is 0 Å². The van der Waals surface area contributed by atoms with E-state index in [1.165, 1.54) is 4.90 Å². The van der Waals surface area contributed by atoms with Gasteiger partial charge in [0.05, 0.1) is 24.7 Å². The number of carboxylic acid groups (broad SMARTS) is 1. The first-order valence-corrected chi connectivity index (χ1v) is 7.60. The molecule has 1 amide bonds. The molecule has 122 valence electrons. The summed E-state index contributed by atoms with van der Waals surface area (Å²) in [5.41, 5.74) is 2.41. The maximum Gasteiger partial charge on any atom is 0.305 e. The normalized spacial score (nSPS) is 10.5. The minimum atomic E-state index is -0.909. The Labute approximate surface area is 135 Å². The molecule has 0 spiro atoms. The number of aliphatic carboxylic acids is 1. The van der Waals surface area contributed by atoms with E-state index in [1.54, 1.807) is 10.9 Å². The van der Waals surface area contributed by atoms with Gasteiger partial charge in [-0.2, -0.15) is 5.10 Å². The second-order valence-corrected chi connectivity index (χ2v) is 5.32. The molecule has 0 aliphatic rings. The minimum absolute atomic E-state index is 0.0587. The topological polar surface area (TPSA) is 75.4 Å². The van der Waals surface area contributed by atoms with Crippen LogP contribution >= 0.6 is 0 Å². The number of amides is 1. The summed E-state index contributed by atoms with van der Waals surface area (Å²) in [6.45, 7) is 4.96. The highest BCUT2D eigenvalue weighted by Crippen LogP contribution is 2.13. The molecule has 1 aromatic heterocycles. The lowest BCUT2D eigenvalue weighted by atomic mass is 10.2. The highest BCUT2D eigenvalue weighted by Gasteiger charge is 2.20. The third kappa shape index (κ3) is 4.18. The van der Waals surface area contributed by atoms with E-state index in [4.69, 9.17) is 5.11 Å². The van der Waals surface area contributed by atoms with Crippen molar-refractivity contribution < 1.29 is 14.7 Å². The van der Waals surface area contributed by atoms with E-state index in [9.17, 15) is 9.59 Å². The Bertz CT molecular complexity index is 680. The average molecular weight is 315 g/mol. The van der Waals surface area contributed by atoms with E-state index >= 15 is 0 Å². The van der Waals surface area contributed by atoms with Crippen LogP contribution in [0.5, 0.6) is 0 Å². The number of hydrogen-bond donors (Lipinski definition) is 1. The molecule has 1 aromatic carbocycles. The number of hydrogen-bond acceptors (Lipinski definition) is 3. The van der Waals surface area contributed by atoms with Crippen LogP contribution in [0, 0.1) is 6.92 Å². The van der Waals surface area contributed by atoms with Gasteiger partial charge >= 0.3 is 5.97 Å². The summed E-state index contributed by atoms with van der Waals surface area (Å²) in [5, 5.41) is 13.1. The van der Waals surface area contributed by atoms with Gasteiger partial charge in [0.1, 0.15) is 0 Å².